The minimum atomic E-state index is -1.25. The SMILES string of the molecule is FC1=C(F)C2=C(F)C(F)=C1C2. The molecule has 0 nitrogen and oxygen atoms in total. The monoisotopic (exact) mass is 162 g/mol. The molecule has 2 aliphatic rings. The van der Waals surface area contributed by atoms with Gasteiger partial charge in [0.15, 0.2) is 23.3 Å². The van der Waals surface area contributed by atoms with E-state index in [0.29, 0.717) is 0 Å². The van der Waals surface area contributed by atoms with Gasteiger partial charge in [-0.3, -0.25) is 0 Å². The van der Waals surface area contributed by atoms with E-state index in [0.717, 1.165) is 0 Å². The van der Waals surface area contributed by atoms with Crippen molar-refractivity contribution in [1.29, 1.82) is 0 Å². The van der Waals surface area contributed by atoms with Crippen molar-refractivity contribution in [3.8, 4) is 0 Å². The topological polar surface area (TPSA) is 0 Å². The molecule has 0 aromatic carbocycles. The van der Waals surface area contributed by atoms with E-state index in [1.165, 1.54) is 0 Å². The predicted molar refractivity (Wildman–Crippen MR) is 30.1 cm³/mol. The quantitative estimate of drug-likeness (QED) is 0.480. The van der Waals surface area contributed by atoms with E-state index in [1.54, 1.807) is 0 Å². The average molecular weight is 162 g/mol. The summed E-state index contributed by atoms with van der Waals surface area (Å²) in [7, 11) is 0. The molecule has 0 saturated heterocycles. The molecule has 0 radical (unpaired) electrons. The lowest BCUT2D eigenvalue weighted by molar-refractivity contribution is 0.506. The van der Waals surface area contributed by atoms with Crippen LogP contribution in [0, 0.1) is 0 Å². The Bertz CT molecular complexity index is 276. The van der Waals surface area contributed by atoms with Crippen LogP contribution in [-0.2, 0) is 0 Å². The van der Waals surface area contributed by atoms with Crippen LogP contribution in [-0.4, -0.2) is 0 Å². The first-order valence-electron chi connectivity index (χ1n) is 2.96. The van der Waals surface area contributed by atoms with Gasteiger partial charge >= 0.3 is 0 Å². The van der Waals surface area contributed by atoms with Crippen molar-refractivity contribution in [1.82, 2.24) is 0 Å². The van der Waals surface area contributed by atoms with Gasteiger partial charge in [-0.05, 0) is 0 Å². The standard InChI is InChI=1S/C7H2F4/c8-4-2-1-3(6(4)10)7(11)5(2)9/h1H2. The zero-order valence-corrected chi connectivity index (χ0v) is 5.22. The Morgan fingerprint density at radius 3 is 1.27 bits per heavy atom. The minimum Gasteiger partial charge on any atom is -0.203 e. The first kappa shape index (κ1) is 6.64. The summed E-state index contributed by atoms with van der Waals surface area (Å²) in [6.45, 7) is 0. The molecule has 0 saturated carbocycles. The van der Waals surface area contributed by atoms with Gasteiger partial charge in [-0.25, -0.2) is 17.6 Å². The summed E-state index contributed by atoms with van der Waals surface area (Å²) in [6.07, 6.45) is -0.282. The molecule has 2 rings (SSSR count). The van der Waals surface area contributed by atoms with Crippen molar-refractivity contribution in [3.05, 3.63) is 34.5 Å². The first-order valence-corrected chi connectivity index (χ1v) is 2.96. The highest BCUT2D eigenvalue weighted by atomic mass is 19.2. The molecule has 0 unspecified atom stereocenters. The lowest BCUT2D eigenvalue weighted by Gasteiger charge is -1.98. The Hall–Kier alpha value is -1.06. The number of fused-ring (bicyclic) bond motifs is 2. The van der Waals surface area contributed by atoms with Gasteiger partial charge in [0.25, 0.3) is 0 Å². The van der Waals surface area contributed by atoms with Crippen molar-refractivity contribution in [2.24, 2.45) is 0 Å². The summed E-state index contributed by atoms with van der Waals surface area (Å²) in [5, 5.41) is 0. The smallest absolute Gasteiger partial charge is 0.165 e. The summed E-state index contributed by atoms with van der Waals surface area (Å²) in [5.74, 6) is -5.00. The second-order valence-corrected chi connectivity index (χ2v) is 2.39. The molecule has 0 amide bonds. The van der Waals surface area contributed by atoms with Gasteiger partial charge in [0, 0.05) is 17.6 Å². The van der Waals surface area contributed by atoms with Gasteiger partial charge in [0.05, 0.1) is 0 Å². The Kier molecular flexibility index (Phi) is 1.06. The number of hydrogen-bond donors (Lipinski definition) is 0. The van der Waals surface area contributed by atoms with Gasteiger partial charge in [-0.2, -0.15) is 0 Å². The fourth-order valence-corrected chi connectivity index (χ4v) is 1.21. The molecule has 0 N–H and O–H groups in total. The average Bonchev–Trinajstić information content (AvgIpc) is 2.40. The Balaban J connectivity index is 2.70. The third-order valence-corrected chi connectivity index (χ3v) is 1.80. The van der Waals surface area contributed by atoms with Crippen molar-refractivity contribution in [2.45, 2.75) is 6.42 Å². The lowest BCUT2D eigenvalue weighted by Crippen LogP contribution is -1.86. The summed E-state index contributed by atoms with van der Waals surface area (Å²) >= 11 is 0. The molecule has 2 bridgehead atoms. The fraction of sp³-hybridized carbons (Fsp3) is 0.143. The molecule has 0 fully saturated rings. The van der Waals surface area contributed by atoms with Gasteiger partial charge in [0.2, 0.25) is 0 Å². The van der Waals surface area contributed by atoms with E-state index < -0.39 is 34.5 Å². The van der Waals surface area contributed by atoms with Crippen molar-refractivity contribution < 1.29 is 17.6 Å². The highest BCUT2D eigenvalue weighted by molar-refractivity contribution is 5.61. The van der Waals surface area contributed by atoms with E-state index in [-0.39, 0.29) is 6.42 Å². The molecular formula is C7H2F4. The van der Waals surface area contributed by atoms with Crippen LogP contribution in [0.2, 0.25) is 0 Å². The van der Waals surface area contributed by atoms with Crippen LogP contribution < -0.4 is 0 Å². The molecule has 0 heterocycles. The summed E-state index contributed by atoms with van der Waals surface area (Å²) < 4.78 is 49.8. The molecular weight excluding hydrogens is 160 g/mol. The highest BCUT2D eigenvalue weighted by Gasteiger charge is 2.38. The number of rotatable bonds is 0. The molecule has 0 spiro atoms. The zero-order valence-electron chi connectivity index (χ0n) is 5.22. The van der Waals surface area contributed by atoms with Crippen molar-refractivity contribution in [3.63, 3.8) is 0 Å². The summed E-state index contributed by atoms with van der Waals surface area (Å²) in [6, 6.07) is 0. The largest absolute Gasteiger partial charge is 0.203 e. The summed E-state index contributed by atoms with van der Waals surface area (Å²) in [5.41, 5.74) is -0.981. The fourth-order valence-electron chi connectivity index (χ4n) is 1.21. The molecule has 2 aliphatic carbocycles. The molecule has 0 aromatic heterocycles. The molecule has 0 aromatic rings. The Labute approximate surface area is 59.5 Å². The van der Waals surface area contributed by atoms with Crippen LogP contribution in [0.25, 0.3) is 0 Å². The van der Waals surface area contributed by atoms with Crippen molar-refractivity contribution >= 4 is 0 Å². The van der Waals surface area contributed by atoms with Crippen LogP contribution in [0.4, 0.5) is 17.6 Å². The number of hydrogen-bond acceptors (Lipinski definition) is 0. The predicted octanol–water partition coefficient (Wildman–Crippen LogP) is 3.00. The molecule has 0 aliphatic heterocycles. The maximum Gasteiger partial charge on any atom is 0.165 e. The molecule has 4 heteroatoms. The highest BCUT2D eigenvalue weighted by Crippen LogP contribution is 2.49. The third-order valence-electron chi connectivity index (χ3n) is 1.80. The van der Waals surface area contributed by atoms with Gasteiger partial charge in [-0.15, -0.1) is 0 Å². The van der Waals surface area contributed by atoms with Crippen LogP contribution in [0.15, 0.2) is 34.5 Å². The minimum absolute atomic E-state index is 0.282. The second-order valence-electron chi connectivity index (χ2n) is 2.39. The first-order chi connectivity index (χ1) is 5.13. The molecule has 0 atom stereocenters. The van der Waals surface area contributed by atoms with Crippen LogP contribution in [0.3, 0.4) is 0 Å². The second kappa shape index (κ2) is 1.75. The van der Waals surface area contributed by atoms with Crippen LogP contribution >= 0.6 is 0 Å². The molecule has 58 valence electrons. The maximum atomic E-state index is 12.4. The van der Waals surface area contributed by atoms with Gasteiger partial charge in [-0.1, -0.05) is 0 Å². The van der Waals surface area contributed by atoms with E-state index in [1.807, 2.05) is 0 Å². The zero-order chi connectivity index (χ0) is 8.17. The Morgan fingerprint density at radius 2 is 1.00 bits per heavy atom. The maximum absolute atomic E-state index is 12.4. The van der Waals surface area contributed by atoms with E-state index >= 15 is 0 Å². The normalized spacial score (nSPS) is 22.9. The lowest BCUT2D eigenvalue weighted by atomic mass is 10.2. The summed E-state index contributed by atoms with van der Waals surface area (Å²) in [4.78, 5) is 0. The number of halogens is 4. The van der Waals surface area contributed by atoms with E-state index in [9.17, 15) is 17.6 Å². The molecule has 11 heavy (non-hydrogen) atoms. The third kappa shape index (κ3) is 0.593. The van der Waals surface area contributed by atoms with Crippen LogP contribution in [0.5, 0.6) is 0 Å². The van der Waals surface area contributed by atoms with Crippen molar-refractivity contribution in [2.75, 3.05) is 0 Å². The Morgan fingerprint density at radius 1 is 0.636 bits per heavy atom. The van der Waals surface area contributed by atoms with Gasteiger partial charge < -0.3 is 0 Å². The van der Waals surface area contributed by atoms with E-state index in [4.69, 9.17) is 0 Å². The number of allylic oxidation sites excluding steroid dienone is 6. The van der Waals surface area contributed by atoms with Gasteiger partial charge in [0.1, 0.15) is 0 Å². The van der Waals surface area contributed by atoms with E-state index in [2.05, 4.69) is 0 Å². The van der Waals surface area contributed by atoms with Crippen LogP contribution in [0.1, 0.15) is 6.42 Å².